The van der Waals surface area contributed by atoms with Gasteiger partial charge >= 0.3 is 0 Å². The molecule has 0 amide bonds. The molecule has 2 saturated heterocycles. The van der Waals surface area contributed by atoms with Crippen molar-refractivity contribution in [1.82, 2.24) is 14.9 Å². The Morgan fingerprint density at radius 2 is 2.05 bits per heavy atom. The fourth-order valence-corrected chi connectivity index (χ4v) is 4.71. The monoisotopic (exact) mass is 318 g/mol. The van der Waals surface area contributed by atoms with E-state index in [1.807, 2.05) is 0 Å². The number of ether oxygens (including phenoxy) is 1. The lowest BCUT2D eigenvalue weighted by Crippen LogP contribution is -2.46. The van der Waals surface area contributed by atoms with Crippen molar-refractivity contribution < 1.29 is 4.74 Å². The third-order valence-electron chi connectivity index (χ3n) is 4.90. The van der Waals surface area contributed by atoms with Crippen molar-refractivity contribution in [2.75, 3.05) is 44.3 Å². The molecular formula is C16H22N4OS. The van der Waals surface area contributed by atoms with E-state index < -0.39 is 0 Å². The molecule has 2 fully saturated rings. The Kier molecular flexibility index (Phi) is 3.76. The molecule has 4 rings (SSSR count). The highest BCUT2D eigenvalue weighted by Gasteiger charge is 2.35. The molecule has 2 atom stereocenters. The summed E-state index contributed by atoms with van der Waals surface area (Å²) in [6, 6.07) is 0.606. The minimum atomic E-state index is 0.606. The number of fused-ring (bicyclic) bond motifs is 1. The van der Waals surface area contributed by atoms with Crippen molar-refractivity contribution in [3.8, 4) is 0 Å². The number of rotatable bonds is 2. The lowest BCUT2D eigenvalue weighted by molar-refractivity contribution is 0.0134. The van der Waals surface area contributed by atoms with Crippen LogP contribution in [0.1, 0.15) is 12.5 Å². The van der Waals surface area contributed by atoms with E-state index in [-0.39, 0.29) is 0 Å². The quantitative estimate of drug-likeness (QED) is 0.849. The normalized spacial score (nSPS) is 26.9. The van der Waals surface area contributed by atoms with E-state index in [4.69, 9.17) is 4.74 Å². The lowest BCUT2D eigenvalue weighted by atomic mass is 10.0. The van der Waals surface area contributed by atoms with Gasteiger partial charge in [0, 0.05) is 32.2 Å². The molecule has 0 spiro atoms. The molecule has 0 saturated carbocycles. The second-order valence-corrected chi connectivity index (χ2v) is 7.27. The highest BCUT2D eigenvalue weighted by Crippen LogP contribution is 2.34. The van der Waals surface area contributed by atoms with Crippen LogP contribution in [-0.4, -0.2) is 60.3 Å². The number of morpholine rings is 1. The zero-order valence-corrected chi connectivity index (χ0v) is 14.0. The molecule has 22 heavy (non-hydrogen) atoms. The number of anilines is 1. The van der Waals surface area contributed by atoms with Crippen LogP contribution in [0.5, 0.6) is 0 Å². The Morgan fingerprint density at radius 3 is 2.86 bits per heavy atom. The molecule has 0 aliphatic carbocycles. The average molecular weight is 318 g/mol. The lowest BCUT2D eigenvalue weighted by Gasteiger charge is -2.34. The molecule has 2 aliphatic heterocycles. The van der Waals surface area contributed by atoms with Gasteiger partial charge in [0.1, 0.15) is 12.1 Å². The second-order valence-electron chi connectivity index (χ2n) is 6.39. The van der Waals surface area contributed by atoms with Gasteiger partial charge in [-0.25, -0.2) is 9.97 Å². The summed E-state index contributed by atoms with van der Waals surface area (Å²) < 4.78 is 6.72. The zero-order valence-electron chi connectivity index (χ0n) is 13.2. The largest absolute Gasteiger partial charge is 0.379 e. The van der Waals surface area contributed by atoms with Gasteiger partial charge in [0.15, 0.2) is 0 Å². The van der Waals surface area contributed by atoms with Crippen molar-refractivity contribution >= 4 is 27.4 Å². The third kappa shape index (κ3) is 2.39. The van der Waals surface area contributed by atoms with E-state index in [1.54, 1.807) is 17.7 Å². The summed E-state index contributed by atoms with van der Waals surface area (Å²) in [6.07, 6.45) is 1.71. The van der Waals surface area contributed by atoms with Crippen molar-refractivity contribution in [1.29, 1.82) is 0 Å². The van der Waals surface area contributed by atoms with E-state index >= 15 is 0 Å². The first-order valence-corrected chi connectivity index (χ1v) is 8.87. The molecule has 2 aromatic heterocycles. The number of nitrogens with zero attached hydrogens (tertiary/aromatic N) is 4. The SMILES string of the molecule is Cc1csc2c(N3C[C@@H](N4CCOCC4)[C@@H](C)C3)ncnc12. The van der Waals surface area contributed by atoms with E-state index in [0.29, 0.717) is 12.0 Å². The first kappa shape index (κ1) is 14.4. The first-order chi connectivity index (χ1) is 10.7. The summed E-state index contributed by atoms with van der Waals surface area (Å²) in [6.45, 7) is 10.5. The van der Waals surface area contributed by atoms with E-state index in [1.165, 1.54) is 10.3 Å². The van der Waals surface area contributed by atoms with Crippen LogP contribution >= 0.6 is 11.3 Å². The van der Waals surface area contributed by atoms with Crippen molar-refractivity contribution in [2.24, 2.45) is 5.92 Å². The van der Waals surface area contributed by atoms with E-state index in [0.717, 1.165) is 50.7 Å². The topological polar surface area (TPSA) is 41.5 Å². The van der Waals surface area contributed by atoms with Gasteiger partial charge in [-0.3, -0.25) is 4.90 Å². The van der Waals surface area contributed by atoms with Crippen LogP contribution in [0.2, 0.25) is 0 Å². The molecule has 5 nitrogen and oxygen atoms in total. The maximum atomic E-state index is 5.49. The van der Waals surface area contributed by atoms with Gasteiger partial charge in [-0.05, 0) is 23.8 Å². The summed E-state index contributed by atoms with van der Waals surface area (Å²) in [5.41, 5.74) is 2.36. The van der Waals surface area contributed by atoms with Gasteiger partial charge < -0.3 is 9.64 Å². The third-order valence-corrected chi connectivity index (χ3v) is 5.98. The number of aromatic nitrogens is 2. The minimum Gasteiger partial charge on any atom is -0.379 e. The Labute approximate surface area is 134 Å². The Bertz CT molecular complexity index is 667. The molecule has 6 heteroatoms. The van der Waals surface area contributed by atoms with Crippen LogP contribution in [-0.2, 0) is 4.74 Å². The molecular weight excluding hydrogens is 296 g/mol. The van der Waals surface area contributed by atoms with Crippen LogP contribution in [0.4, 0.5) is 5.82 Å². The van der Waals surface area contributed by atoms with E-state index in [2.05, 4.69) is 39.0 Å². The molecule has 4 heterocycles. The molecule has 0 bridgehead atoms. The van der Waals surface area contributed by atoms with Crippen LogP contribution in [0.15, 0.2) is 11.7 Å². The van der Waals surface area contributed by atoms with Gasteiger partial charge in [0.25, 0.3) is 0 Å². The van der Waals surface area contributed by atoms with Gasteiger partial charge in [-0.1, -0.05) is 6.92 Å². The summed E-state index contributed by atoms with van der Waals surface area (Å²) in [5, 5.41) is 2.18. The average Bonchev–Trinajstić information content (AvgIpc) is 3.12. The van der Waals surface area contributed by atoms with Gasteiger partial charge in [0.05, 0.1) is 23.4 Å². The van der Waals surface area contributed by atoms with Gasteiger partial charge in [0.2, 0.25) is 0 Å². The van der Waals surface area contributed by atoms with Crippen LogP contribution in [0, 0.1) is 12.8 Å². The fourth-order valence-electron chi connectivity index (χ4n) is 3.69. The van der Waals surface area contributed by atoms with Crippen molar-refractivity contribution in [2.45, 2.75) is 19.9 Å². The van der Waals surface area contributed by atoms with Gasteiger partial charge in [-0.2, -0.15) is 0 Å². The molecule has 118 valence electrons. The van der Waals surface area contributed by atoms with E-state index in [9.17, 15) is 0 Å². The number of hydrogen-bond donors (Lipinski definition) is 0. The predicted molar refractivity (Wildman–Crippen MR) is 89.7 cm³/mol. The Morgan fingerprint density at radius 1 is 1.23 bits per heavy atom. The number of hydrogen-bond acceptors (Lipinski definition) is 6. The Balaban J connectivity index is 1.60. The van der Waals surface area contributed by atoms with Crippen LogP contribution in [0.25, 0.3) is 10.2 Å². The van der Waals surface area contributed by atoms with Crippen molar-refractivity contribution in [3.63, 3.8) is 0 Å². The molecule has 2 aromatic rings. The molecule has 0 N–H and O–H groups in total. The summed E-state index contributed by atoms with van der Waals surface area (Å²) in [5.74, 6) is 1.77. The highest BCUT2D eigenvalue weighted by molar-refractivity contribution is 7.18. The van der Waals surface area contributed by atoms with Crippen molar-refractivity contribution in [3.05, 3.63) is 17.3 Å². The Hall–Kier alpha value is -1.24. The summed E-state index contributed by atoms with van der Waals surface area (Å²) in [7, 11) is 0. The van der Waals surface area contributed by atoms with Crippen LogP contribution in [0.3, 0.4) is 0 Å². The first-order valence-electron chi connectivity index (χ1n) is 7.99. The van der Waals surface area contributed by atoms with Crippen LogP contribution < -0.4 is 4.90 Å². The molecule has 0 unspecified atom stereocenters. The smallest absolute Gasteiger partial charge is 0.150 e. The predicted octanol–water partition coefficient (Wildman–Crippen LogP) is 2.16. The summed E-state index contributed by atoms with van der Waals surface area (Å²) >= 11 is 1.77. The fraction of sp³-hybridized carbons (Fsp3) is 0.625. The maximum absolute atomic E-state index is 5.49. The second kappa shape index (κ2) is 5.76. The van der Waals surface area contributed by atoms with Gasteiger partial charge in [-0.15, -0.1) is 11.3 Å². The molecule has 0 aromatic carbocycles. The standard InChI is InChI=1S/C16H22N4OS/c1-11-7-20(8-13(11)19-3-5-21-6-4-19)16-15-14(17-10-18-16)12(2)9-22-15/h9-11,13H,3-8H2,1-2H3/t11-,13+/m0/s1. The minimum absolute atomic E-state index is 0.606. The highest BCUT2D eigenvalue weighted by atomic mass is 32.1. The zero-order chi connectivity index (χ0) is 15.1. The number of aryl methyl sites for hydroxylation is 1. The molecule has 2 aliphatic rings. The molecule has 0 radical (unpaired) electrons. The maximum Gasteiger partial charge on any atom is 0.150 e. The number of thiophene rings is 1. The summed E-state index contributed by atoms with van der Waals surface area (Å²) in [4.78, 5) is 14.1.